The van der Waals surface area contributed by atoms with E-state index in [2.05, 4.69) is 34.2 Å². The Balaban J connectivity index is 1.98. The molecule has 2 aromatic rings. The molecule has 18 heavy (non-hydrogen) atoms. The van der Waals surface area contributed by atoms with Crippen LogP contribution in [0.2, 0.25) is 9.36 Å². The van der Waals surface area contributed by atoms with Gasteiger partial charge in [0, 0.05) is 27.0 Å². The zero-order chi connectivity index (χ0) is 13.1. The number of thiophene rings is 1. The van der Waals surface area contributed by atoms with Crippen molar-refractivity contribution in [1.82, 2.24) is 5.32 Å². The van der Waals surface area contributed by atoms with E-state index in [9.17, 15) is 0 Å². The van der Waals surface area contributed by atoms with E-state index in [0.717, 1.165) is 20.4 Å². The van der Waals surface area contributed by atoms with Crippen LogP contribution in [-0.2, 0) is 6.54 Å². The molecule has 0 bridgehead atoms. The molecule has 5 heteroatoms. The van der Waals surface area contributed by atoms with Gasteiger partial charge in [0.05, 0.1) is 0 Å². The zero-order valence-electron chi connectivity index (χ0n) is 9.71. The van der Waals surface area contributed by atoms with Crippen LogP contribution in [-0.4, -0.2) is 0 Å². The van der Waals surface area contributed by atoms with Crippen molar-refractivity contribution >= 4 is 50.5 Å². The van der Waals surface area contributed by atoms with Crippen molar-refractivity contribution in [3.8, 4) is 0 Å². The summed E-state index contributed by atoms with van der Waals surface area (Å²) in [5.41, 5.74) is 1.18. The minimum Gasteiger partial charge on any atom is -0.305 e. The van der Waals surface area contributed by atoms with Gasteiger partial charge >= 0.3 is 0 Å². The molecule has 0 saturated carbocycles. The molecule has 1 atom stereocenters. The minimum atomic E-state index is 0.253. The standard InChI is InChI=1S/C13H12BrCl2NS/c1-8(9-3-2-4-10(15)5-9)17-7-11-6-12(14)13(16)18-11/h2-6,8,17H,7H2,1H3/t8-/m0/s1. The van der Waals surface area contributed by atoms with Gasteiger partial charge < -0.3 is 5.32 Å². The summed E-state index contributed by atoms with van der Waals surface area (Å²) in [4.78, 5) is 1.21. The third-order valence-electron chi connectivity index (χ3n) is 2.63. The van der Waals surface area contributed by atoms with Crippen molar-refractivity contribution < 1.29 is 0 Å². The average Bonchev–Trinajstić information content (AvgIpc) is 2.66. The van der Waals surface area contributed by atoms with Crippen molar-refractivity contribution in [1.29, 1.82) is 0 Å². The van der Waals surface area contributed by atoms with Gasteiger partial charge in [-0.25, -0.2) is 0 Å². The molecule has 1 nitrogen and oxygen atoms in total. The Hall–Kier alpha value is -0.0600. The molecule has 1 heterocycles. The van der Waals surface area contributed by atoms with Gasteiger partial charge in [-0.15, -0.1) is 11.3 Å². The Morgan fingerprint density at radius 1 is 1.33 bits per heavy atom. The fraction of sp³-hybridized carbons (Fsp3) is 0.231. The lowest BCUT2D eigenvalue weighted by Crippen LogP contribution is -2.17. The fourth-order valence-electron chi connectivity index (χ4n) is 1.63. The third-order valence-corrected chi connectivity index (χ3v) is 5.34. The van der Waals surface area contributed by atoms with E-state index in [-0.39, 0.29) is 6.04 Å². The summed E-state index contributed by atoms with van der Waals surface area (Å²) in [6, 6.07) is 10.2. The van der Waals surface area contributed by atoms with Gasteiger partial charge in [0.25, 0.3) is 0 Å². The molecule has 1 aromatic heterocycles. The van der Waals surface area contributed by atoms with E-state index in [0.29, 0.717) is 0 Å². The summed E-state index contributed by atoms with van der Waals surface area (Å²) in [6.07, 6.45) is 0. The lowest BCUT2D eigenvalue weighted by atomic mass is 10.1. The van der Waals surface area contributed by atoms with Crippen LogP contribution in [0.15, 0.2) is 34.8 Å². The van der Waals surface area contributed by atoms with Gasteiger partial charge in [0.1, 0.15) is 4.34 Å². The number of hydrogen-bond donors (Lipinski definition) is 1. The number of rotatable bonds is 4. The number of hydrogen-bond acceptors (Lipinski definition) is 2. The van der Waals surface area contributed by atoms with Crippen molar-refractivity contribution in [2.75, 3.05) is 0 Å². The number of halogens is 3. The van der Waals surface area contributed by atoms with Crippen molar-refractivity contribution in [3.63, 3.8) is 0 Å². The SMILES string of the molecule is C[C@H](NCc1cc(Br)c(Cl)s1)c1cccc(Cl)c1. The lowest BCUT2D eigenvalue weighted by molar-refractivity contribution is 0.579. The highest BCUT2D eigenvalue weighted by molar-refractivity contribution is 9.10. The molecular formula is C13H12BrCl2NS. The normalized spacial score (nSPS) is 12.7. The van der Waals surface area contributed by atoms with Gasteiger partial charge in [-0.3, -0.25) is 0 Å². The highest BCUT2D eigenvalue weighted by Crippen LogP contribution is 2.32. The first-order chi connectivity index (χ1) is 8.56. The largest absolute Gasteiger partial charge is 0.305 e. The summed E-state index contributed by atoms with van der Waals surface area (Å²) in [5, 5.41) is 4.22. The van der Waals surface area contributed by atoms with Crippen LogP contribution in [0.5, 0.6) is 0 Å². The van der Waals surface area contributed by atoms with Crippen LogP contribution in [0.3, 0.4) is 0 Å². The molecule has 0 aliphatic carbocycles. The van der Waals surface area contributed by atoms with Crippen LogP contribution in [0, 0.1) is 0 Å². The second-order valence-electron chi connectivity index (χ2n) is 3.99. The third kappa shape index (κ3) is 3.72. The zero-order valence-corrected chi connectivity index (χ0v) is 13.6. The molecule has 96 valence electrons. The van der Waals surface area contributed by atoms with Gasteiger partial charge in [0.15, 0.2) is 0 Å². The second-order valence-corrected chi connectivity index (χ2v) is 7.02. The summed E-state index contributed by atoms with van der Waals surface area (Å²) in [7, 11) is 0. The predicted molar refractivity (Wildman–Crippen MR) is 83.7 cm³/mol. The van der Waals surface area contributed by atoms with E-state index in [1.807, 2.05) is 24.3 Å². The summed E-state index contributed by atoms with van der Waals surface area (Å²) in [5.74, 6) is 0. The first-order valence-corrected chi connectivity index (χ1v) is 7.85. The van der Waals surface area contributed by atoms with Gasteiger partial charge in [-0.05, 0) is 46.6 Å². The quantitative estimate of drug-likeness (QED) is 0.737. The highest BCUT2D eigenvalue weighted by atomic mass is 79.9. The molecule has 2 rings (SSSR count). The molecular weight excluding hydrogens is 353 g/mol. The Bertz CT molecular complexity index is 522. The topological polar surface area (TPSA) is 12.0 Å². The maximum absolute atomic E-state index is 6.01. The van der Waals surface area contributed by atoms with Crippen LogP contribution < -0.4 is 5.32 Å². The summed E-state index contributed by atoms with van der Waals surface area (Å²) >= 11 is 17.0. The molecule has 0 aliphatic heterocycles. The average molecular weight is 365 g/mol. The smallest absolute Gasteiger partial charge is 0.107 e. The van der Waals surface area contributed by atoms with E-state index in [1.165, 1.54) is 10.4 Å². The Kier molecular flexibility index (Phi) is 5.10. The first-order valence-electron chi connectivity index (χ1n) is 5.49. The van der Waals surface area contributed by atoms with Gasteiger partial charge in [0.2, 0.25) is 0 Å². The van der Waals surface area contributed by atoms with E-state index < -0.39 is 0 Å². The van der Waals surface area contributed by atoms with Crippen LogP contribution in [0.1, 0.15) is 23.4 Å². The maximum Gasteiger partial charge on any atom is 0.107 e. The lowest BCUT2D eigenvalue weighted by Gasteiger charge is -2.13. The summed E-state index contributed by atoms with van der Waals surface area (Å²) in [6.45, 7) is 2.92. The van der Waals surface area contributed by atoms with Crippen molar-refractivity contribution in [2.45, 2.75) is 19.5 Å². The van der Waals surface area contributed by atoms with Crippen molar-refractivity contribution in [2.24, 2.45) is 0 Å². The summed E-state index contributed by atoms with van der Waals surface area (Å²) < 4.78 is 1.75. The molecule has 0 spiro atoms. The molecule has 0 unspecified atom stereocenters. The monoisotopic (exact) mass is 363 g/mol. The fourth-order valence-corrected chi connectivity index (χ4v) is 3.57. The Morgan fingerprint density at radius 2 is 2.11 bits per heavy atom. The second kappa shape index (κ2) is 6.40. The Morgan fingerprint density at radius 3 is 2.72 bits per heavy atom. The van der Waals surface area contributed by atoms with Crippen molar-refractivity contribution in [3.05, 3.63) is 54.6 Å². The molecule has 0 fully saturated rings. The molecule has 1 aromatic carbocycles. The molecule has 1 N–H and O–H groups in total. The number of nitrogens with one attached hydrogen (secondary N) is 1. The van der Waals surface area contributed by atoms with Crippen LogP contribution in [0.4, 0.5) is 0 Å². The van der Waals surface area contributed by atoms with E-state index in [4.69, 9.17) is 23.2 Å². The van der Waals surface area contributed by atoms with E-state index in [1.54, 1.807) is 11.3 Å². The predicted octanol–water partition coefficient (Wildman–Crippen LogP) is 5.67. The molecule has 0 radical (unpaired) electrons. The van der Waals surface area contributed by atoms with Crippen LogP contribution >= 0.6 is 50.5 Å². The Labute approximate surface area is 129 Å². The molecule has 0 amide bonds. The number of benzene rings is 1. The maximum atomic E-state index is 6.01. The highest BCUT2D eigenvalue weighted by Gasteiger charge is 2.08. The molecule has 0 aliphatic rings. The van der Waals surface area contributed by atoms with E-state index >= 15 is 0 Å². The minimum absolute atomic E-state index is 0.253. The molecule has 0 saturated heterocycles. The van der Waals surface area contributed by atoms with Gasteiger partial charge in [-0.2, -0.15) is 0 Å². The van der Waals surface area contributed by atoms with Gasteiger partial charge in [-0.1, -0.05) is 35.3 Å². The first kappa shape index (κ1) is 14.4. The van der Waals surface area contributed by atoms with Crippen LogP contribution in [0.25, 0.3) is 0 Å².